The lowest BCUT2D eigenvalue weighted by atomic mass is 10.0. The first-order valence-corrected chi connectivity index (χ1v) is 7.99. The van der Waals surface area contributed by atoms with Crippen LogP contribution in [0.25, 0.3) is 0 Å². The van der Waals surface area contributed by atoms with Crippen LogP contribution in [-0.4, -0.2) is 23.0 Å². The van der Waals surface area contributed by atoms with Crippen LogP contribution in [0.3, 0.4) is 0 Å². The number of carbonyl (C=O) groups excluding carboxylic acids is 1. The molecule has 0 rings (SSSR count). The number of unbranched alkanes of at least 4 members (excludes halogenated alkanes) is 6. The zero-order chi connectivity index (χ0) is 15.4. The summed E-state index contributed by atoms with van der Waals surface area (Å²) >= 11 is 0. The van der Waals surface area contributed by atoms with Crippen molar-refractivity contribution in [3.63, 3.8) is 0 Å². The molecule has 0 unspecified atom stereocenters. The Labute approximate surface area is 123 Å². The minimum Gasteiger partial charge on any atom is -0.480 e. The van der Waals surface area contributed by atoms with Gasteiger partial charge in [0, 0.05) is 6.42 Å². The molecule has 0 aromatic heterocycles. The van der Waals surface area contributed by atoms with Crippen LogP contribution in [-0.2, 0) is 9.59 Å². The number of carboxylic acids is 1. The Bertz CT molecular complexity index is 277. The summed E-state index contributed by atoms with van der Waals surface area (Å²) in [5, 5.41) is 11.7. The fourth-order valence-electron chi connectivity index (χ4n) is 2.20. The van der Waals surface area contributed by atoms with Crippen molar-refractivity contribution < 1.29 is 14.7 Å². The Morgan fingerprint density at radius 2 is 1.55 bits per heavy atom. The van der Waals surface area contributed by atoms with E-state index in [-0.39, 0.29) is 11.8 Å². The molecule has 0 heterocycles. The predicted octanol–water partition coefficient (Wildman–Crippen LogP) is 3.74. The van der Waals surface area contributed by atoms with Crippen molar-refractivity contribution in [1.82, 2.24) is 5.32 Å². The largest absolute Gasteiger partial charge is 0.480 e. The van der Waals surface area contributed by atoms with Crippen LogP contribution < -0.4 is 5.32 Å². The second kappa shape index (κ2) is 11.7. The van der Waals surface area contributed by atoms with Crippen molar-refractivity contribution >= 4 is 11.9 Å². The molecule has 0 aliphatic carbocycles. The molecule has 1 atom stereocenters. The average molecular weight is 285 g/mol. The van der Waals surface area contributed by atoms with Crippen LogP contribution in [0.5, 0.6) is 0 Å². The highest BCUT2D eigenvalue weighted by Gasteiger charge is 2.20. The Morgan fingerprint density at radius 1 is 1.00 bits per heavy atom. The van der Waals surface area contributed by atoms with Crippen molar-refractivity contribution in [1.29, 1.82) is 0 Å². The number of carbonyl (C=O) groups is 2. The molecule has 0 aliphatic heterocycles. The molecule has 0 saturated heterocycles. The predicted molar refractivity (Wildman–Crippen MR) is 81.6 cm³/mol. The van der Waals surface area contributed by atoms with E-state index in [9.17, 15) is 9.59 Å². The Morgan fingerprint density at radius 3 is 2.05 bits per heavy atom. The van der Waals surface area contributed by atoms with Gasteiger partial charge in [-0.2, -0.15) is 0 Å². The summed E-state index contributed by atoms with van der Waals surface area (Å²) in [5.74, 6) is -0.812. The molecule has 4 heteroatoms. The molecule has 1 amide bonds. The summed E-state index contributed by atoms with van der Waals surface area (Å²) in [6.45, 7) is 6.11. The van der Waals surface area contributed by atoms with Crippen LogP contribution in [0, 0.1) is 5.92 Å². The van der Waals surface area contributed by atoms with Crippen molar-refractivity contribution in [2.24, 2.45) is 5.92 Å². The van der Waals surface area contributed by atoms with Gasteiger partial charge in [0.05, 0.1) is 0 Å². The van der Waals surface area contributed by atoms with Crippen molar-refractivity contribution in [2.75, 3.05) is 0 Å². The molecule has 0 radical (unpaired) electrons. The number of hydrogen-bond acceptors (Lipinski definition) is 2. The maximum Gasteiger partial charge on any atom is 0.326 e. The molecule has 2 N–H and O–H groups in total. The maximum atomic E-state index is 11.7. The number of nitrogens with one attached hydrogen (secondary N) is 1. The first kappa shape index (κ1) is 18.9. The summed E-state index contributed by atoms with van der Waals surface area (Å²) in [5.41, 5.74) is 0. The molecule has 0 fully saturated rings. The lowest BCUT2D eigenvalue weighted by Crippen LogP contribution is -2.41. The van der Waals surface area contributed by atoms with Gasteiger partial charge in [0.25, 0.3) is 0 Å². The van der Waals surface area contributed by atoms with Gasteiger partial charge in [-0.1, -0.05) is 59.3 Å². The van der Waals surface area contributed by atoms with E-state index in [0.29, 0.717) is 12.8 Å². The SMILES string of the molecule is CCCCCCCCCC(=O)N[C@@H](CC(C)C)C(=O)O. The zero-order valence-corrected chi connectivity index (χ0v) is 13.3. The highest BCUT2D eigenvalue weighted by atomic mass is 16.4. The van der Waals surface area contributed by atoms with Crippen LogP contribution in [0.15, 0.2) is 0 Å². The first-order chi connectivity index (χ1) is 9.47. The molecule has 4 nitrogen and oxygen atoms in total. The molecule has 0 spiro atoms. The Balaban J connectivity index is 3.72. The van der Waals surface area contributed by atoms with E-state index >= 15 is 0 Å². The second-order valence-electron chi connectivity index (χ2n) is 5.96. The van der Waals surface area contributed by atoms with Crippen molar-refractivity contribution in [2.45, 2.75) is 84.6 Å². The minimum atomic E-state index is -0.938. The van der Waals surface area contributed by atoms with Crippen molar-refractivity contribution in [3.8, 4) is 0 Å². The lowest BCUT2D eigenvalue weighted by Gasteiger charge is -2.16. The highest BCUT2D eigenvalue weighted by molar-refractivity contribution is 5.83. The van der Waals surface area contributed by atoms with Crippen LogP contribution in [0.2, 0.25) is 0 Å². The van der Waals surface area contributed by atoms with Gasteiger partial charge >= 0.3 is 5.97 Å². The van der Waals surface area contributed by atoms with E-state index in [0.717, 1.165) is 12.8 Å². The second-order valence-corrected chi connectivity index (χ2v) is 5.96. The van der Waals surface area contributed by atoms with Gasteiger partial charge in [0.1, 0.15) is 6.04 Å². The molecular formula is C16H31NO3. The van der Waals surface area contributed by atoms with E-state index in [2.05, 4.69) is 12.2 Å². The van der Waals surface area contributed by atoms with E-state index in [1.807, 2.05) is 13.8 Å². The molecular weight excluding hydrogens is 254 g/mol. The third-order valence-corrected chi connectivity index (χ3v) is 3.35. The van der Waals surface area contributed by atoms with Gasteiger partial charge in [-0.05, 0) is 18.8 Å². The molecule has 0 saturated carbocycles. The number of rotatable bonds is 12. The summed E-state index contributed by atoms with van der Waals surface area (Å²) < 4.78 is 0. The number of hydrogen-bond donors (Lipinski definition) is 2. The summed E-state index contributed by atoms with van der Waals surface area (Å²) in [6, 6.07) is -0.743. The molecule has 118 valence electrons. The lowest BCUT2D eigenvalue weighted by molar-refractivity contribution is -0.142. The van der Waals surface area contributed by atoms with Gasteiger partial charge in [0.15, 0.2) is 0 Å². The van der Waals surface area contributed by atoms with E-state index in [1.165, 1.54) is 32.1 Å². The normalized spacial score (nSPS) is 12.4. The zero-order valence-electron chi connectivity index (χ0n) is 13.3. The molecule has 0 aromatic carbocycles. The third kappa shape index (κ3) is 10.8. The topological polar surface area (TPSA) is 66.4 Å². The van der Waals surface area contributed by atoms with Gasteiger partial charge in [-0.15, -0.1) is 0 Å². The van der Waals surface area contributed by atoms with Gasteiger partial charge in [-0.3, -0.25) is 4.79 Å². The van der Waals surface area contributed by atoms with Crippen LogP contribution in [0.4, 0.5) is 0 Å². The van der Waals surface area contributed by atoms with E-state index < -0.39 is 12.0 Å². The fourth-order valence-corrected chi connectivity index (χ4v) is 2.20. The molecule has 20 heavy (non-hydrogen) atoms. The third-order valence-electron chi connectivity index (χ3n) is 3.35. The standard InChI is InChI=1S/C16H31NO3/c1-4-5-6-7-8-9-10-11-15(18)17-14(16(19)20)12-13(2)3/h13-14H,4-12H2,1-3H3,(H,17,18)(H,19,20)/t14-/m0/s1. The average Bonchev–Trinajstić information content (AvgIpc) is 2.36. The minimum absolute atomic E-state index is 0.133. The highest BCUT2D eigenvalue weighted by Crippen LogP contribution is 2.09. The van der Waals surface area contributed by atoms with Gasteiger partial charge in [0.2, 0.25) is 5.91 Å². The molecule has 0 aromatic rings. The van der Waals surface area contributed by atoms with Gasteiger partial charge < -0.3 is 10.4 Å². The quantitative estimate of drug-likeness (QED) is 0.537. The number of amides is 1. The first-order valence-electron chi connectivity index (χ1n) is 7.99. The Hall–Kier alpha value is -1.06. The summed E-state index contributed by atoms with van der Waals surface area (Å²) in [6.07, 6.45) is 9.05. The van der Waals surface area contributed by atoms with E-state index in [1.54, 1.807) is 0 Å². The summed E-state index contributed by atoms with van der Waals surface area (Å²) in [4.78, 5) is 22.7. The number of carboxylic acid groups (broad SMARTS) is 1. The number of aliphatic carboxylic acids is 1. The van der Waals surface area contributed by atoms with E-state index in [4.69, 9.17) is 5.11 Å². The van der Waals surface area contributed by atoms with Crippen LogP contribution >= 0.6 is 0 Å². The maximum absolute atomic E-state index is 11.7. The smallest absolute Gasteiger partial charge is 0.326 e. The fraction of sp³-hybridized carbons (Fsp3) is 0.875. The summed E-state index contributed by atoms with van der Waals surface area (Å²) in [7, 11) is 0. The van der Waals surface area contributed by atoms with Gasteiger partial charge in [-0.25, -0.2) is 4.79 Å². The molecule has 0 bridgehead atoms. The van der Waals surface area contributed by atoms with Crippen LogP contribution in [0.1, 0.15) is 78.6 Å². The Kier molecular flexibility index (Phi) is 11.1. The monoisotopic (exact) mass is 285 g/mol. The van der Waals surface area contributed by atoms with Crippen molar-refractivity contribution in [3.05, 3.63) is 0 Å². The molecule has 0 aliphatic rings.